The number of anilines is 1. The Hall–Kier alpha value is -2.01. The fourth-order valence-corrected chi connectivity index (χ4v) is 2.26. The fourth-order valence-electron chi connectivity index (χ4n) is 2.26. The number of amides is 2. The number of nitrogens with one attached hydrogen (secondary N) is 2. The first-order valence-electron chi connectivity index (χ1n) is 6.90. The number of urea groups is 1. The predicted octanol–water partition coefficient (Wildman–Crippen LogP) is 2.71. The van der Waals surface area contributed by atoms with E-state index >= 15 is 0 Å². The Kier molecular flexibility index (Phi) is 4.63. The monoisotopic (exact) mass is 275 g/mol. The molecule has 1 aromatic heterocycles. The van der Waals surface area contributed by atoms with Crippen LogP contribution in [-0.4, -0.2) is 40.7 Å². The van der Waals surface area contributed by atoms with E-state index in [2.05, 4.69) is 10.3 Å². The molecule has 0 spiro atoms. The zero-order valence-corrected chi connectivity index (χ0v) is 11.9. The van der Waals surface area contributed by atoms with Crippen molar-refractivity contribution >= 4 is 22.6 Å². The van der Waals surface area contributed by atoms with Gasteiger partial charge in [-0.25, -0.2) is 4.79 Å². The van der Waals surface area contributed by atoms with Gasteiger partial charge in [0, 0.05) is 35.4 Å². The molecule has 5 nitrogen and oxygen atoms in total. The molecule has 0 aliphatic carbocycles. The molecule has 20 heavy (non-hydrogen) atoms. The maximum Gasteiger partial charge on any atom is 0.321 e. The first-order valence-corrected chi connectivity index (χ1v) is 6.90. The quantitative estimate of drug-likeness (QED) is 0.785. The topological polar surface area (TPSA) is 68.4 Å². The minimum absolute atomic E-state index is 0.0243. The first-order chi connectivity index (χ1) is 9.63. The number of nitrogens with zero attached hydrogens (tertiary/aromatic N) is 1. The molecule has 2 amide bonds. The third-order valence-corrected chi connectivity index (χ3v) is 3.16. The van der Waals surface area contributed by atoms with Crippen molar-refractivity contribution in [2.45, 2.75) is 20.3 Å². The van der Waals surface area contributed by atoms with E-state index in [1.165, 1.54) is 0 Å². The average molecular weight is 275 g/mol. The Morgan fingerprint density at radius 1 is 1.35 bits per heavy atom. The number of benzene rings is 1. The Balaban J connectivity index is 2.11. The number of aromatic amines is 1. The number of hydrogen-bond donors (Lipinski definition) is 3. The first kappa shape index (κ1) is 14.4. The summed E-state index contributed by atoms with van der Waals surface area (Å²) in [6.45, 7) is 4.97. The summed E-state index contributed by atoms with van der Waals surface area (Å²) in [6.07, 6.45) is 0.865. The van der Waals surface area contributed by atoms with Crippen molar-refractivity contribution in [3.8, 4) is 0 Å². The van der Waals surface area contributed by atoms with E-state index in [0.717, 1.165) is 28.7 Å². The van der Waals surface area contributed by atoms with Gasteiger partial charge in [0.1, 0.15) is 0 Å². The van der Waals surface area contributed by atoms with Gasteiger partial charge in [-0.05, 0) is 37.6 Å². The number of rotatable bonds is 5. The van der Waals surface area contributed by atoms with Crippen molar-refractivity contribution in [2.75, 3.05) is 25.0 Å². The normalized spacial score (nSPS) is 10.8. The van der Waals surface area contributed by atoms with Gasteiger partial charge in [-0.2, -0.15) is 0 Å². The molecule has 0 radical (unpaired) electrons. The van der Waals surface area contributed by atoms with E-state index < -0.39 is 0 Å². The Morgan fingerprint density at radius 3 is 2.85 bits per heavy atom. The highest BCUT2D eigenvalue weighted by molar-refractivity contribution is 5.93. The number of carbonyl (C=O) groups is 1. The summed E-state index contributed by atoms with van der Waals surface area (Å²) in [7, 11) is 0. The highest BCUT2D eigenvalue weighted by Gasteiger charge is 2.12. The van der Waals surface area contributed by atoms with Crippen molar-refractivity contribution in [1.82, 2.24) is 9.88 Å². The van der Waals surface area contributed by atoms with Crippen LogP contribution in [0.15, 0.2) is 24.3 Å². The van der Waals surface area contributed by atoms with E-state index in [1.807, 2.05) is 38.1 Å². The molecule has 1 heterocycles. The molecule has 1 aromatic carbocycles. The van der Waals surface area contributed by atoms with Crippen LogP contribution in [0.1, 0.15) is 19.0 Å². The standard InChI is InChI=1S/C15H21N3O2/c1-3-6-18(7-8-19)15(20)17-13-4-5-14-12(10-13)9-11(2)16-14/h4-5,9-10,16,19H,3,6-8H2,1-2H3,(H,17,20). The zero-order chi connectivity index (χ0) is 14.5. The number of aliphatic hydroxyl groups excluding tert-OH is 1. The van der Waals surface area contributed by atoms with Crippen molar-refractivity contribution in [3.63, 3.8) is 0 Å². The van der Waals surface area contributed by atoms with Crippen molar-refractivity contribution in [3.05, 3.63) is 30.0 Å². The lowest BCUT2D eigenvalue weighted by atomic mass is 10.2. The molecule has 0 aliphatic rings. The van der Waals surface area contributed by atoms with Gasteiger partial charge >= 0.3 is 6.03 Å². The lowest BCUT2D eigenvalue weighted by Gasteiger charge is -2.21. The van der Waals surface area contributed by atoms with Crippen LogP contribution in [-0.2, 0) is 0 Å². The minimum Gasteiger partial charge on any atom is -0.395 e. The van der Waals surface area contributed by atoms with Gasteiger partial charge in [0.25, 0.3) is 0 Å². The summed E-state index contributed by atoms with van der Waals surface area (Å²) in [4.78, 5) is 17.0. The molecule has 2 aromatic rings. The summed E-state index contributed by atoms with van der Waals surface area (Å²) in [6, 6.07) is 7.64. The molecule has 2 rings (SSSR count). The molecule has 0 saturated heterocycles. The number of aryl methyl sites for hydroxylation is 1. The van der Waals surface area contributed by atoms with Gasteiger partial charge in [0.15, 0.2) is 0 Å². The fraction of sp³-hybridized carbons (Fsp3) is 0.400. The van der Waals surface area contributed by atoms with E-state index in [4.69, 9.17) is 5.11 Å². The molecule has 0 unspecified atom stereocenters. The summed E-state index contributed by atoms with van der Waals surface area (Å²) in [5.74, 6) is 0. The van der Waals surface area contributed by atoms with Crippen LogP contribution in [0.2, 0.25) is 0 Å². The Morgan fingerprint density at radius 2 is 2.15 bits per heavy atom. The van der Waals surface area contributed by atoms with Gasteiger partial charge in [0.2, 0.25) is 0 Å². The van der Waals surface area contributed by atoms with E-state index in [9.17, 15) is 4.79 Å². The van der Waals surface area contributed by atoms with E-state index in [-0.39, 0.29) is 12.6 Å². The molecule has 0 atom stereocenters. The molecule has 0 fully saturated rings. The summed E-state index contributed by atoms with van der Waals surface area (Å²) in [5.41, 5.74) is 2.91. The van der Waals surface area contributed by atoms with Crippen molar-refractivity contribution in [1.29, 1.82) is 0 Å². The number of hydrogen-bond acceptors (Lipinski definition) is 2. The molecular weight excluding hydrogens is 254 g/mol. The molecule has 0 saturated carbocycles. The van der Waals surface area contributed by atoms with Gasteiger partial charge in [-0.15, -0.1) is 0 Å². The lowest BCUT2D eigenvalue weighted by Crippen LogP contribution is -2.37. The average Bonchev–Trinajstić information content (AvgIpc) is 2.77. The van der Waals surface area contributed by atoms with Crippen LogP contribution in [0, 0.1) is 6.92 Å². The van der Waals surface area contributed by atoms with Crippen LogP contribution < -0.4 is 5.32 Å². The second kappa shape index (κ2) is 6.43. The van der Waals surface area contributed by atoms with Crippen LogP contribution in [0.5, 0.6) is 0 Å². The van der Waals surface area contributed by atoms with Crippen LogP contribution in [0.4, 0.5) is 10.5 Å². The number of aromatic nitrogens is 1. The Labute approximate surface area is 118 Å². The SMILES string of the molecule is CCCN(CCO)C(=O)Nc1ccc2[nH]c(C)cc2c1. The van der Waals surface area contributed by atoms with Crippen LogP contribution in [0.3, 0.4) is 0 Å². The molecule has 108 valence electrons. The van der Waals surface area contributed by atoms with Gasteiger partial charge in [-0.3, -0.25) is 0 Å². The molecule has 0 bridgehead atoms. The van der Waals surface area contributed by atoms with Crippen molar-refractivity contribution < 1.29 is 9.90 Å². The summed E-state index contributed by atoms with van der Waals surface area (Å²) < 4.78 is 0. The summed E-state index contributed by atoms with van der Waals surface area (Å²) >= 11 is 0. The molecule has 5 heteroatoms. The minimum atomic E-state index is -0.174. The van der Waals surface area contributed by atoms with E-state index in [0.29, 0.717) is 13.1 Å². The third kappa shape index (κ3) is 3.30. The highest BCUT2D eigenvalue weighted by atomic mass is 16.3. The highest BCUT2D eigenvalue weighted by Crippen LogP contribution is 2.20. The number of fused-ring (bicyclic) bond motifs is 1. The second-order valence-corrected chi connectivity index (χ2v) is 4.90. The zero-order valence-electron chi connectivity index (χ0n) is 11.9. The maximum atomic E-state index is 12.1. The Bertz CT molecular complexity index is 586. The molecule has 0 aliphatic heterocycles. The second-order valence-electron chi connectivity index (χ2n) is 4.90. The summed E-state index contributed by atoms with van der Waals surface area (Å²) in [5, 5.41) is 12.9. The number of carbonyl (C=O) groups excluding carboxylic acids is 1. The van der Waals surface area contributed by atoms with Gasteiger partial charge in [-0.1, -0.05) is 6.92 Å². The van der Waals surface area contributed by atoms with Gasteiger partial charge < -0.3 is 20.3 Å². The van der Waals surface area contributed by atoms with Crippen molar-refractivity contribution in [2.24, 2.45) is 0 Å². The van der Waals surface area contributed by atoms with Gasteiger partial charge in [0.05, 0.1) is 6.61 Å². The van der Waals surface area contributed by atoms with Crippen LogP contribution in [0.25, 0.3) is 10.9 Å². The third-order valence-electron chi connectivity index (χ3n) is 3.16. The molecular formula is C15H21N3O2. The smallest absolute Gasteiger partial charge is 0.321 e. The predicted molar refractivity (Wildman–Crippen MR) is 81.0 cm³/mol. The van der Waals surface area contributed by atoms with E-state index in [1.54, 1.807) is 4.90 Å². The lowest BCUT2D eigenvalue weighted by molar-refractivity contribution is 0.188. The molecule has 3 N–H and O–H groups in total. The number of H-pyrrole nitrogens is 1. The number of aliphatic hydroxyl groups is 1. The van der Waals surface area contributed by atoms with Crippen LogP contribution >= 0.6 is 0 Å². The maximum absolute atomic E-state index is 12.1. The largest absolute Gasteiger partial charge is 0.395 e.